The Kier molecular flexibility index (Phi) is 2.36. The van der Waals surface area contributed by atoms with Gasteiger partial charge in [-0.1, -0.05) is 27.7 Å². The van der Waals surface area contributed by atoms with Crippen molar-refractivity contribution in [3.63, 3.8) is 0 Å². The van der Waals surface area contributed by atoms with E-state index in [1.807, 2.05) is 7.11 Å². The Hall–Kier alpha value is -0.980. The summed E-state index contributed by atoms with van der Waals surface area (Å²) >= 11 is 0. The highest BCUT2D eigenvalue weighted by atomic mass is 16.5. The molecule has 0 amide bonds. The van der Waals surface area contributed by atoms with Gasteiger partial charge in [-0.15, -0.1) is 0 Å². The molecule has 0 saturated heterocycles. The van der Waals surface area contributed by atoms with Crippen LogP contribution in [0.2, 0.25) is 0 Å². The van der Waals surface area contributed by atoms with Gasteiger partial charge in [-0.25, -0.2) is 0 Å². The third kappa shape index (κ3) is 1.46. The molecular formula is C17H24O. The molecular weight excluding hydrogens is 220 g/mol. The van der Waals surface area contributed by atoms with Crippen molar-refractivity contribution < 1.29 is 4.74 Å². The predicted octanol–water partition coefficient (Wildman–Crippen LogP) is 4.14. The monoisotopic (exact) mass is 244 g/mol. The van der Waals surface area contributed by atoms with Crippen LogP contribution < -0.4 is 4.74 Å². The van der Waals surface area contributed by atoms with Crippen LogP contribution in [-0.2, 0) is 23.7 Å². The first-order valence-electron chi connectivity index (χ1n) is 7.10. The fraction of sp³-hybridized carbons (Fsp3) is 0.647. The molecule has 0 heterocycles. The average molecular weight is 244 g/mol. The standard InChI is InChI=1S/C17H24O/c1-16(2)8-6-11-13(16)10-14(18-5)12-7-9-17(3,4)15(11)12/h10H,6-9H2,1-5H3. The van der Waals surface area contributed by atoms with E-state index in [-0.39, 0.29) is 0 Å². The fourth-order valence-electron chi connectivity index (χ4n) is 3.99. The van der Waals surface area contributed by atoms with Crippen LogP contribution in [-0.4, -0.2) is 7.11 Å². The fourth-order valence-corrected chi connectivity index (χ4v) is 3.99. The van der Waals surface area contributed by atoms with Crippen molar-refractivity contribution in [1.82, 2.24) is 0 Å². The Bertz CT molecular complexity index is 509. The zero-order valence-corrected chi connectivity index (χ0v) is 12.3. The highest BCUT2D eigenvalue weighted by Gasteiger charge is 2.40. The van der Waals surface area contributed by atoms with Gasteiger partial charge >= 0.3 is 0 Å². The van der Waals surface area contributed by atoms with E-state index in [1.54, 1.807) is 11.1 Å². The number of hydrogen-bond acceptors (Lipinski definition) is 1. The third-order valence-electron chi connectivity index (χ3n) is 5.13. The summed E-state index contributed by atoms with van der Waals surface area (Å²) in [7, 11) is 1.81. The van der Waals surface area contributed by atoms with Gasteiger partial charge in [-0.3, -0.25) is 0 Å². The Balaban J connectivity index is 2.31. The van der Waals surface area contributed by atoms with Gasteiger partial charge in [0.1, 0.15) is 5.75 Å². The number of rotatable bonds is 1. The SMILES string of the molecule is COc1cc2c(c3c1CCC3(C)C)CCC2(C)C. The van der Waals surface area contributed by atoms with Crippen LogP contribution in [0.1, 0.15) is 62.8 Å². The van der Waals surface area contributed by atoms with Crippen LogP contribution in [0.3, 0.4) is 0 Å². The Morgan fingerprint density at radius 3 is 2.22 bits per heavy atom. The maximum Gasteiger partial charge on any atom is 0.122 e. The highest BCUT2D eigenvalue weighted by Crippen LogP contribution is 2.51. The van der Waals surface area contributed by atoms with E-state index >= 15 is 0 Å². The van der Waals surface area contributed by atoms with Crippen LogP contribution >= 0.6 is 0 Å². The Morgan fingerprint density at radius 2 is 1.56 bits per heavy atom. The van der Waals surface area contributed by atoms with Gasteiger partial charge in [0.25, 0.3) is 0 Å². The van der Waals surface area contributed by atoms with Gasteiger partial charge in [0, 0.05) is 0 Å². The zero-order valence-electron chi connectivity index (χ0n) is 12.3. The molecule has 0 aromatic heterocycles. The van der Waals surface area contributed by atoms with Crippen molar-refractivity contribution >= 4 is 0 Å². The summed E-state index contributed by atoms with van der Waals surface area (Å²) in [6, 6.07) is 2.32. The van der Waals surface area contributed by atoms with Gasteiger partial charge in [0.05, 0.1) is 7.11 Å². The van der Waals surface area contributed by atoms with Crippen LogP contribution in [0.25, 0.3) is 0 Å². The van der Waals surface area contributed by atoms with Crippen molar-refractivity contribution in [2.24, 2.45) is 0 Å². The lowest BCUT2D eigenvalue weighted by Crippen LogP contribution is -2.17. The number of hydrogen-bond donors (Lipinski definition) is 0. The smallest absolute Gasteiger partial charge is 0.122 e. The molecule has 2 aliphatic rings. The van der Waals surface area contributed by atoms with Crippen LogP contribution in [0.4, 0.5) is 0 Å². The number of fused-ring (bicyclic) bond motifs is 3. The van der Waals surface area contributed by atoms with Gasteiger partial charge in [-0.2, -0.15) is 0 Å². The van der Waals surface area contributed by atoms with E-state index in [4.69, 9.17) is 4.74 Å². The van der Waals surface area contributed by atoms with E-state index in [0.717, 1.165) is 5.75 Å². The number of benzene rings is 1. The molecule has 18 heavy (non-hydrogen) atoms. The lowest BCUT2D eigenvalue weighted by atomic mass is 9.80. The van der Waals surface area contributed by atoms with Gasteiger partial charge in [0.2, 0.25) is 0 Å². The van der Waals surface area contributed by atoms with Crippen molar-refractivity contribution in [3.8, 4) is 5.75 Å². The molecule has 1 aromatic carbocycles. The van der Waals surface area contributed by atoms with Crippen molar-refractivity contribution in [2.75, 3.05) is 7.11 Å². The first-order valence-corrected chi connectivity index (χ1v) is 7.10. The molecule has 0 bridgehead atoms. The topological polar surface area (TPSA) is 9.23 Å². The molecule has 0 radical (unpaired) electrons. The van der Waals surface area contributed by atoms with Gasteiger partial charge in [-0.05, 0) is 64.8 Å². The second kappa shape index (κ2) is 3.53. The Labute approximate surface area is 111 Å². The van der Waals surface area contributed by atoms with Crippen LogP contribution in [0, 0.1) is 0 Å². The summed E-state index contributed by atoms with van der Waals surface area (Å²) in [6.45, 7) is 9.52. The first kappa shape index (κ1) is 12.1. The molecule has 0 unspecified atom stereocenters. The predicted molar refractivity (Wildman–Crippen MR) is 75.7 cm³/mol. The molecule has 0 aliphatic heterocycles. The zero-order chi connectivity index (χ0) is 13.1. The first-order chi connectivity index (χ1) is 8.37. The molecule has 0 fully saturated rings. The van der Waals surface area contributed by atoms with Crippen molar-refractivity contribution in [3.05, 3.63) is 28.3 Å². The quantitative estimate of drug-likeness (QED) is 0.721. The summed E-state index contributed by atoms with van der Waals surface area (Å²) in [5.74, 6) is 1.13. The highest BCUT2D eigenvalue weighted by molar-refractivity contribution is 5.58. The summed E-state index contributed by atoms with van der Waals surface area (Å²) in [5, 5.41) is 0. The summed E-state index contributed by atoms with van der Waals surface area (Å²) in [5.41, 5.74) is 6.91. The van der Waals surface area contributed by atoms with Crippen LogP contribution in [0.15, 0.2) is 6.07 Å². The lowest BCUT2D eigenvalue weighted by molar-refractivity contribution is 0.408. The van der Waals surface area contributed by atoms with Gasteiger partial charge < -0.3 is 4.74 Å². The second-order valence-electron chi connectivity index (χ2n) is 7.23. The molecule has 98 valence electrons. The molecule has 0 spiro atoms. The molecule has 0 atom stereocenters. The molecule has 0 N–H and O–H groups in total. The van der Waals surface area contributed by atoms with E-state index < -0.39 is 0 Å². The lowest BCUT2D eigenvalue weighted by Gasteiger charge is -2.26. The maximum absolute atomic E-state index is 5.67. The van der Waals surface area contributed by atoms with Crippen LogP contribution in [0.5, 0.6) is 5.75 Å². The molecule has 1 aromatic rings. The van der Waals surface area contributed by atoms with E-state index in [9.17, 15) is 0 Å². The van der Waals surface area contributed by atoms with Crippen molar-refractivity contribution in [2.45, 2.75) is 64.2 Å². The largest absolute Gasteiger partial charge is 0.496 e. The normalized spacial score (nSPS) is 22.7. The average Bonchev–Trinajstić information content (AvgIpc) is 2.77. The minimum atomic E-state index is 0.316. The van der Waals surface area contributed by atoms with E-state index in [2.05, 4.69) is 33.8 Å². The van der Waals surface area contributed by atoms with E-state index in [0.29, 0.717) is 10.8 Å². The minimum Gasteiger partial charge on any atom is -0.496 e. The molecule has 1 heteroatoms. The third-order valence-corrected chi connectivity index (χ3v) is 5.13. The molecule has 3 rings (SSSR count). The summed E-state index contributed by atoms with van der Waals surface area (Å²) < 4.78 is 5.67. The minimum absolute atomic E-state index is 0.316. The van der Waals surface area contributed by atoms with Crippen molar-refractivity contribution in [1.29, 1.82) is 0 Å². The number of ether oxygens (including phenoxy) is 1. The van der Waals surface area contributed by atoms with E-state index in [1.165, 1.54) is 36.8 Å². The summed E-state index contributed by atoms with van der Waals surface area (Å²) in [6.07, 6.45) is 4.96. The molecule has 0 saturated carbocycles. The summed E-state index contributed by atoms with van der Waals surface area (Å²) in [4.78, 5) is 0. The van der Waals surface area contributed by atoms with Gasteiger partial charge in [0.15, 0.2) is 0 Å². The Morgan fingerprint density at radius 1 is 0.944 bits per heavy atom. The maximum atomic E-state index is 5.67. The second-order valence-corrected chi connectivity index (χ2v) is 7.23. The number of methoxy groups -OCH3 is 1. The molecule has 1 nitrogen and oxygen atoms in total. The molecule has 2 aliphatic carbocycles.